The Morgan fingerprint density at radius 3 is 2.08 bits per heavy atom. The number of carbonyl (C=O) groups is 2. The lowest BCUT2D eigenvalue weighted by atomic mass is 10.0. The number of anilines is 1. The zero-order chi connectivity index (χ0) is 29.4. The Kier molecular flexibility index (Phi) is 10.5. The Morgan fingerprint density at radius 2 is 1.50 bits per heavy atom. The third-order valence-electron chi connectivity index (χ3n) is 7.05. The fourth-order valence-electron chi connectivity index (χ4n) is 4.34. The van der Waals surface area contributed by atoms with Crippen molar-refractivity contribution in [1.82, 2.24) is 10.2 Å². The summed E-state index contributed by atoms with van der Waals surface area (Å²) in [6, 6.07) is 20.7. The SMILES string of the molecule is CCCNC(=O)C(C)N(Cc1ccccc1C)C(=O)CN(c1ccc(C(C)C)cc1)S(=O)(=O)c1ccc(C)cc1. The molecule has 0 aromatic heterocycles. The zero-order valence-corrected chi connectivity index (χ0v) is 25.2. The van der Waals surface area contributed by atoms with Gasteiger partial charge in [-0.1, -0.05) is 74.9 Å². The summed E-state index contributed by atoms with van der Waals surface area (Å²) in [5.74, 6) is -0.478. The molecule has 3 aromatic rings. The molecule has 8 heteroatoms. The third-order valence-corrected chi connectivity index (χ3v) is 8.84. The van der Waals surface area contributed by atoms with Crippen LogP contribution in [0.5, 0.6) is 0 Å². The molecule has 0 spiro atoms. The van der Waals surface area contributed by atoms with Gasteiger partial charge in [0.1, 0.15) is 12.6 Å². The van der Waals surface area contributed by atoms with Gasteiger partial charge in [-0.25, -0.2) is 8.42 Å². The van der Waals surface area contributed by atoms with E-state index in [1.807, 2.05) is 57.2 Å². The van der Waals surface area contributed by atoms with Crippen LogP contribution in [0.1, 0.15) is 62.3 Å². The maximum atomic E-state index is 14.0. The van der Waals surface area contributed by atoms with Crippen LogP contribution in [-0.4, -0.2) is 44.3 Å². The predicted molar refractivity (Wildman–Crippen MR) is 161 cm³/mol. The van der Waals surface area contributed by atoms with E-state index in [2.05, 4.69) is 19.2 Å². The number of carbonyl (C=O) groups excluding carboxylic acids is 2. The molecule has 0 aliphatic rings. The topological polar surface area (TPSA) is 86.8 Å². The van der Waals surface area contributed by atoms with Crippen LogP contribution >= 0.6 is 0 Å². The minimum absolute atomic E-state index is 0.0954. The van der Waals surface area contributed by atoms with E-state index in [9.17, 15) is 18.0 Å². The average molecular weight is 564 g/mol. The van der Waals surface area contributed by atoms with Crippen LogP contribution in [0, 0.1) is 13.8 Å². The monoisotopic (exact) mass is 563 g/mol. The lowest BCUT2D eigenvalue weighted by Crippen LogP contribution is -2.51. The molecule has 0 aliphatic carbocycles. The summed E-state index contributed by atoms with van der Waals surface area (Å²) in [6.07, 6.45) is 0.763. The number of nitrogens with one attached hydrogen (secondary N) is 1. The molecule has 0 radical (unpaired) electrons. The molecule has 0 saturated carbocycles. The average Bonchev–Trinajstić information content (AvgIpc) is 2.93. The number of rotatable bonds is 12. The lowest BCUT2D eigenvalue weighted by molar-refractivity contribution is -0.139. The van der Waals surface area contributed by atoms with Gasteiger partial charge in [0.15, 0.2) is 0 Å². The number of sulfonamides is 1. The highest BCUT2D eigenvalue weighted by Crippen LogP contribution is 2.27. The summed E-state index contributed by atoms with van der Waals surface area (Å²) in [5, 5.41) is 2.87. The van der Waals surface area contributed by atoms with Crippen LogP contribution in [-0.2, 0) is 26.2 Å². The van der Waals surface area contributed by atoms with Gasteiger partial charge in [-0.3, -0.25) is 13.9 Å². The van der Waals surface area contributed by atoms with Crippen LogP contribution < -0.4 is 9.62 Å². The molecule has 7 nitrogen and oxygen atoms in total. The Hall–Kier alpha value is -3.65. The van der Waals surface area contributed by atoms with E-state index in [0.29, 0.717) is 12.2 Å². The quantitative estimate of drug-likeness (QED) is 0.312. The fourth-order valence-corrected chi connectivity index (χ4v) is 5.76. The largest absolute Gasteiger partial charge is 0.354 e. The summed E-state index contributed by atoms with van der Waals surface area (Å²) >= 11 is 0. The first-order chi connectivity index (χ1) is 18.9. The Labute approximate surface area is 239 Å². The van der Waals surface area contributed by atoms with Crippen molar-refractivity contribution < 1.29 is 18.0 Å². The number of nitrogens with zero attached hydrogens (tertiary/aromatic N) is 2. The van der Waals surface area contributed by atoms with Crippen molar-refractivity contribution in [1.29, 1.82) is 0 Å². The van der Waals surface area contributed by atoms with E-state index in [-0.39, 0.29) is 23.3 Å². The van der Waals surface area contributed by atoms with E-state index in [0.717, 1.165) is 33.0 Å². The molecule has 3 aromatic carbocycles. The van der Waals surface area contributed by atoms with Crippen molar-refractivity contribution in [2.45, 2.75) is 71.4 Å². The van der Waals surface area contributed by atoms with Crippen LogP contribution in [0.2, 0.25) is 0 Å². The summed E-state index contributed by atoms with van der Waals surface area (Å²) in [5.41, 5.74) is 4.25. The van der Waals surface area contributed by atoms with Crippen molar-refractivity contribution in [2.75, 3.05) is 17.4 Å². The van der Waals surface area contributed by atoms with Gasteiger partial charge < -0.3 is 10.2 Å². The van der Waals surface area contributed by atoms with Gasteiger partial charge in [-0.15, -0.1) is 0 Å². The number of benzene rings is 3. The van der Waals surface area contributed by atoms with E-state index in [1.54, 1.807) is 43.3 Å². The van der Waals surface area contributed by atoms with Gasteiger partial charge in [0.05, 0.1) is 10.6 Å². The second kappa shape index (κ2) is 13.6. The molecular formula is C32H41N3O4S. The van der Waals surface area contributed by atoms with Gasteiger partial charge in [0.2, 0.25) is 11.8 Å². The Morgan fingerprint density at radius 1 is 0.875 bits per heavy atom. The maximum absolute atomic E-state index is 14.0. The molecule has 1 atom stereocenters. The van der Waals surface area contributed by atoms with Crippen LogP contribution in [0.15, 0.2) is 77.7 Å². The normalized spacial score (nSPS) is 12.2. The first-order valence-corrected chi connectivity index (χ1v) is 15.2. The van der Waals surface area contributed by atoms with Crippen molar-refractivity contribution in [2.24, 2.45) is 0 Å². The minimum Gasteiger partial charge on any atom is -0.354 e. The van der Waals surface area contributed by atoms with E-state index < -0.39 is 28.5 Å². The first-order valence-electron chi connectivity index (χ1n) is 13.8. The van der Waals surface area contributed by atoms with Crippen molar-refractivity contribution >= 4 is 27.5 Å². The van der Waals surface area contributed by atoms with Crippen LogP contribution in [0.4, 0.5) is 5.69 Å². The standard InChI is InChI=1S/C32H41N3O4S/c1-7-20-33-32(37)26(6)34(21-28-11-9-8-10-25(28)5)31(36)22-35(29-16-14-27(15-17-29)23(2)3)40(38,39)30-18-12-24(4)13-19-30/h8-19,23,26H,7,20-22H2,1-6H3,(H,33,37). The van der Waals surface area contributed by atoms with Gasteiger partial charge in [-0.05, 0) is 74.1 Å². The zero-order valence-electron chi connectivity index (χ0n) is 24.3. The van der Waals surface area contributed by atoms with Crippen molar-refractivity contribution in [3.8, 4) is 0 Å². The van der Waals surface area contributed by atoms with E-state index >= 15 is 0 Å². The van der Waals surface area contributed by atoms with Gasteiger partial charge in [0, 0.05) is 13.1 Å². The molecule has 0 fully saturated rings. The molecule has 0 saturated heterocycles. The van der Waals surface area contributed by atoms with E-state index in [4.69, 9.17) is 0 Å². The number of amides is 2. The number of hydrogen-bond acceptors (Lipinski definition) is 4. The highest BCUT2D eigenvalue weighted by molar-refractivity contribution is 7.92. The molecule has 0 heterocycles. The molecule has 214 valence electrons. The molecule has 2 amide bonds. The van der Waals surface area contributed by atoms with Gasteiger partial charge in [-0.2, -0.15) is 0 Å². The second-order valence-corrected chi connectivity index (χ2v) is 12.3. The van der Waals surface area contributed by atoms with Crippen molar-refractivity contribution in [3.05, 3.63) is 95.1 Å². The maximum Gasteiger partial charge on any atom is 0.264 e. The molecule has 3 rings (SSSR count). The van der Waals surface area contributed by atoms with Crippen LogP contribution in [0.25, 0.3) is 0 Å². The summed E-state index contributed by atoms with van der Waals surface area (Å²) in [4.78, 5) is 28.6. The number of aryl methyl sites for hydroxylation is 2. The molecule has 40 heavy (non-hydrogen) atoms. The Bertz CT molecular complexity index is 1400. The second-order valence-electron chi connectivity index (χ2n) is 10.5. The highest BCUT2D eigenvalue weighted by atomic mass is 32.2. The molecule has 0 aliphatic heterocycles. The fraction of sp³-hybridized carbons (Fsp3) is 0.375. The summed E-state index contributed by atoms with van der Waals surface area (Å²) in [7, 11) is -4.09. The van der Waals surface area contributed by atoms with Crippen LogP contribution in [0.3, 0.4) is 0 Å². The number of hydrogen-bond donors (Lipinski definition) is 1. The first kappa shape index (κ1) is 30.9. The summed E-state index contributed by atoms with van der Waals surface area (Å²) in [6.45, 7) is 11.8. The Balaban J connectivity index is 2.04. The van der Waals surface area contributed by atoms with E-state index in [1.165, 1.54) is 4.90 Å². The highest BCUT2D eigenvalue weighted by Gasteiger charge is 2.32. The molecule has 0 bridgehead atoms. The predicted octanol–water partition coefficient (Wildman–Crippen LogP) is 5.57. The van der Waals surface area contributed by atoms with Gasteiger partial charge >= 0.3 is 0 Å². The van der Waals surface area contributed by atoms with Crippen molar-refractivity contribution in [3.63, 3.8) is 0 Å². The molecule has 1 N–H and O–H groups in total. The third kappa shape index (κ3) is 7.50. The molecule has 1 unspecified atom stereocenters. The smallest absolute Gasteiger partial charge is 0.264 e. The summed E-state index contributed by atoms with van der Waals surface area (Å²) < 4.78 is 29.1. The minimum atomic E-state index is -4.09. The van der Waals surface area contributed by atoms with Gasteiger partial charge in [0.25, 0.3) is 10.0 Å². The molecular weight excluding hydrogens is 522 g/mol. The lowest BCUT2D eigenvalue weighted by Gasteiger charge is -2.32.